The number of aromatic nitrogens is 2. The maximum atomic E-state index is 12.1. The van der Waals surface area contributed by atoms with E-state index in [0.29, 0.717) is 23.3 Å². The van der Waals surface area contributed by atoms with E-state index in [1.807, 2.05) is 57.2 Å². The van der Waals surface area contributed by atoms with Gasteiger partial charge in [0, 0.05) is 11.4 Å². The maximum absolute atomic E-state index is 12.1. The smallest absolute Gasteiger partial charge is 0.250 e. The number of rotatable bonds is 9. The van der Waals surface area contributed by atoms with Crippen molar-refractivity contribution in [3.8, 4) is 11.5 Å². The molecule has 33 heavy (non-hydrogen) atoms. The molecule has 3 aromatic rings. The Hall–Kier alpha value is -2.91. The van der Waals surface area contributed by atoms with Gasteiger partial charge in [0.25, 0.3) is 5.91 Å². The average molecular weight is 529 g/mol. The first kappa shape index (κ1) is 24.7. The summed E-state index contributed by atoms with van der Waals surface area (Å²) >= 11 is 4.80. The minimum atomic E-state index is -0.247. The Kier molecular flexibility index (Phi) is 8.85. The van der Waals surface area contributed by atoms with Crippen molar-refractivity contribution in [1.82, 2.24) is 15.4 Å². The van der Waals surface area contributed by atoms with E-state index in [1.54, 1.807) is 19.4 Å². The number of halogens is 1. The molecule has 1 aromatic heterocycles. The van der Waals surface area contributed by atoms with Crippen LogP contribution >= 0.6 is 27.7 Å². The lowest BCUT2D eigenvalue weighted by Gasteiger charge is -2.13. The fourth-order valence-electron chi connectivity index (χ4n) is 2.89. The SMILES string of the molecule is COc1cc(/C=N\NC(=O)CSc2nc(C)cc(C)n2)cc(Br)c1OCc1ccc(C)cc1. The number of amides is 1. The maximum Gasteiger partial charge on any atom is 0.250 e. The standard InChI is InChI=1S/C24H25BrN4O3S/c1-15-5-7-18(8-6-15)13-32-23-20(25)10-19(11-21(23)31-4)12-26-29-22(30)14-33-24-27-16(2)9-17(3)28-24/h5-12H,13-14H2,1-4H3,(H,29,30)/b26-12-. The van der Waals surface area contributed by atoms with Crippen molar-refractivity contribution in [3.05, 3.63) is 75.0 Å². The molecule has 0 aliphatic heterocycles. The van der Waals surface area contributed by atoms with Crippen molar-refractivity contribution >= 4 is 39.8 Å². The van der Waals surface area contributed by atoms with Crippen molar-refractivity contribution in [3.63, 3.8) is 0 Å². The van der Waals surface area contributed by atoms with Crippen molar-refractivity contribution < 1.29 is 14.3 Å². The zero-order valence-electron chi connectivity index (χ0n) is 18.9. The van der Waals surface area contributed by atoms with E-state index < -0.39 is 0 Å². The largest absolute Gasteiger partial charge is 0.493 e. The molecule has 0 atom stereocenters. The average Bonchev–Trinajstić information content (AvgIpc) is 2.77. The van der Waals surface area contributed by atoms with Gasteiger partial charge < -0.3 is 9.47 Å². The molecule has 0 bridgehead atoms. The van der Waals surface area contributed by atoms with Gasteiger partial charge in [-0.2, -0.15) is 5.10 Å². The summed E-state index contributed by atoms with van der Waals surface area (Å²) in [6.07, 6.45) is 1.55. The van der Waals surface area contributed by atoms with Crippen LogP contribution in [0.3, 0.4) is 0 Å². The summed E-state index contributed by atoms with van der Waals surface area (Å²) in [6.45, 7) is 6.26. The third-order valence-electron chi connectivity index (χ3n) is 4.45. The molecule has 0 saturated heterocycles. The van der Waals surface area contributed by atoms with Crippen LogP contribution in [-0.4, -0.2) is 35.0 Å². The van der Waals surface area contributed by atoms with Gasteiger partial charge in [0.2, 0.25) is 0 Å². The number of nitrogens with one attached hydrogen (secondary N) is 1. The first-order valence-corrected chi connectivity index (χ1v) is 11.9. The summed E-state index contributed by atoms with van der Waals surface area (Å²) in [5.41, 5.74) is 7.26. The number of hydrogen-bond donors (Lipinski definition) is 1. The lowest BCUT2D eigenvalue weighted by atomic mass is 10.2. The fraction of sp³-hybridized carbons (Fsp3) is 0.250. The van der Waals surface area contributed by atoms with E-state index >= 15 is 0 Å². The molecule has 1 heterocycles. The highest BCUT2D eigenvalue weighted by Crippen LogP contribution is 2.36. The van der Waals surface area contributed by atoms with E-state index in [9.17, 15) is 4.79 Å². The van der Waals surface area contributed by atoms with E-state index in [-0.39, 0.29) is 11.7 Å². The van der Waals surface area contributed by atoms with Crippen LogP contribution in [0.2, 0.25) is 0 Å². The fourth-order valence-corrected chi connectivity index (χ4v) is 4.21. The van der Waals surface area contributed by atoms with Crippen LogP contribution in [-0.2, 0) is 11.4 Å². The molecule has 0 aliphatic rings. The lowest BCUT2D eigenvalue weighted by molar-refractivity contribution is -0.118. The number of thioether (sulfide) groups is 1. The summed E-state index contributed by atoms with van der Waals surface area (Å²) in [7, 11) is 1.58. The van der Waals surface area contributed by atoms with Crippen LogP contribution < -0.4 is 14.9 Å². The number of hydrazone groups is 1. The van der Waals surface area contributed by atoms with Gasteiger partial charge in [-0.25, -0.2) is 15.4 Å². The molecule has 0 spiro atoms. The lowest BCUT2D eigenvalue weighted by Crippen LogP contribution is -2.19. The van der Waals surface area contributed by atoms with Gasteiger partial charge in [-0.3, -0.25) is 4.79 Å². The Labute approximate surface area is 206 Å². The highest BCUT2D eigenvalue weighted by molar-refractivity contribution is 9.10. The third kappa shape index (κ3) is 7.57. The molecule has 1 amide bonds. The summed E-state index contributed by atoms with van der Waals surface area (Å²) in [5, 5.41) is 4.61. The number of aryl methyl sites for hydroxylation is 3. The van der Waals surface area contributed by atoms with Crippen molar-refractivity contribution in [2.24, 2.45) is 5.10 Å². The molecular formula is C24H25BrN4O3S. The van der Waals surface area contributed by atoms with Crippen molar-refractivity contribution in [1.29, 1.82) is 0 Å². The minimum absolute atomic E-state index is 0.166. The van der Waals surface area contributed by atoms with Crippen LogP contribution in [0, 0.1) is 20.8 Å². The molecule has 0 saturated carbocycles. The number of benzene rings is 2. The van der Waals surface area contributed by atoms with E-state index in [2.05, 4.69) is 36.4 Å². The van der Waals surface area contributed by atoms with Gasteiger partial charge in [-0.1, -0.05) is 41.6 Å². The Bertz CT molecular complexity index is 1130. The van der Waals surface area contributed by atoms with Crippen LogP contribution in [0.5, 0.6) is 11.5 Å². The predicted octanol–water partition coefficient (Wildman–Crippen LogP) is 4.99. The Balaban J connectivity index is 1.58. The molecule has 172 valence electrons. The van der Waals surface area contributed by atoms with Crippen LogP contribution in [0.4, 0.5) is 0 Å². The highest BCUT2D eigenvalue weighted by atomic mass is 79.9. The molecule has 0 aliphatic carbocycles. The highest BCUT2D eigenvalue weighted by Gasteiger charge is 2.12. The van der Waals surface area contributed by atoms with Gasteiger partial charge in [0.15, 0.2) is 16.7 Å². The van der Waals surface area contributed by atoms with Gasteiger partial charge in [-0.15, -0.1) is 0 Å². The predicted molar refractivity (Wildman–Crippen MR) is 134 cm³/mol. The molecule has 2 aromatic carbocycles. The zero-order chi connectivity index (χ0) is 23.8. The number of methoxy groups -OCH3 is 1. The number of carbonyl (C=O) groups is 1. The topological polar surface area (TPSA) is 85.7 Å². The molecule has 9 heteroatoms. The number of carbonyl (C=O) groups excluding carboxylic acids is 1. The van der Waals surface area contributed by atoms with Gasteiger partial charge in [-0.05, 0) is 66.0 Å². The molecule has 0 radical (unpaired) electrons. The normalized spacial score (nSPS) is 10.9. The van der Waals surface area contributed by atoms with E-state index in [1.165, 1.54) is 17.3 Å². The van der Waals surface area contributed by atoms with E-state index in [0.717, 1.165) is 27.0 Å². The second-order valence-electron chi connectivity index (χ2n) is 7.32. The zero-order valence-corrected chi connectivity index (χ0v) is 21.3. The molecule has 3 rings (SSSR count). The number of ether oxygens (including phenoxy) is 2. The molecule has 7 nitrogen and oxygen atoms in total. The van der Waals surface area contributed by atoms with Crippen LogP contribution in [0.1, 0.15) is 28.1 Å². The molecular weight excluding hydrogens is 504 g/mol. The van der Waals surface area contributed by atoms with Gasteiger partial charge in [0.1, 0.15) is 6.61 Å². The second-order valence-corrected chi connectivity index (χ2v) is 9.12. The first-order valence-electron chi connectivity index (χ1n) is 10.2. The monoisotopic (exact) mass is 528 g/mol. The van der Waals surface area contributed by atoms with Crippen molar-refractivity contribution in [2.75, 3.05) is 12.9 Å². The van der Waals surface area contributed by atoms with Crippen LogP contribution in [0.25, 0.3) is 0 Å². The Morgan fingerprint density at radius 2 is 1.82 bits per heavy atom. The third-order valence-corrected chi connectivity index (χ3v) is 5.89. The van der Waals surface area contributed by atoms with Crippen LogP contribution in [0.15, 0.2) is 57.2 Å². The molecule has 0 unspecified atom stereocenters. The van der Waals surface area contributed by atoms with E-state index in [4.69, 9.17) is 9.47 Å². The summed E-state index contributed by atoms with van der Waals surface area (Å²) in [6, 6.07) is 13.7. The minimum Gasteiger partial charge on any atom is -0.493 e. The number of hydrogen-bond acceptors (Lipinski definition) is 7. The summed E-state index contributed by atoms with van der Waals surface area (Å²) < 4.78 is 12.2. The molecule has 1 N–H and O–H groups in total. The quantitative estimate of drug-likeness (QED) is 0.182. The molecule has 0 fully saturated rings. The Morgan fingerprint density at radius 3 is 2.48 bits per heavy atom. The number of nitrogens with zero attached hydrogens (tertiary/aromatic N) is 3. The Morgan fingerprint density at radius 1 is 1.12 bits per heavy atom. The van der Waals surface area contributed by atoms with Gasteiger partial charge >= 0.3 is 0 Å². The van der Waals surface area contributed by atoms with Gasteiger partial charge in [0.05, 0.1) is 23.5 Å². The first-order chi connectivity index (χ1) is 15.8. The summed E-state index contributed by atoms with van der Waals surface area (Å²) in [5.74, 6) is 1.08. The summed E-state index contributed by atoms with van der Waals surface area (Å²) in [4.78, 5) is 20.7. The van der Waals surface area contributed by atoms with Crippen molar-refractivity contribution in [2.45, 2.75) is 32.5 Å². The second kappa shape index (κ2) is 11.8.